The van der Waals surface area contributed by atoms with Gasteiger partial charge in [0.2, 0.25) is 0 Å². The Morgan fingerprint density at radius 3 is 2.30 bits per heavy atom. The molecule has 0 saturated heterocycles. The van der Waals surface area contributed by atoms with Crippen LogP contribution in [0.5, 0.6) is 0 Å². The van der Waals surface area contributed by atoms with Gasteiger partial charge in [-0.2, -0.15) is 0 Å². The maximum absolute atomic E-state index is 13.7. The van der Waals surface area contributed by atoms with Crippen LogP contribution in [-0.4, -0.2) is 0 Å². The lowest BCUT2D eigenvalue weighted by atomic mass is 10.1. The Labute approximate surface area is 120 Å². The van der Waals surface area contributed by atoms with E-state index < -0.39 is 11.6 Å². The molecule has 0 radical (unpaired) electrons. The Kier molecular flexibility index (Phi) is 4.40. The van der Waals surface area contributed by atoms with Crippen LogP contribution < -0.4 is 5.73 Å². The summed E-state index contributed by atoms with van der Waals surface area (Å²) in [5.74, 6) is -1.62. The Bertz CT molecular complexity index is 641. The minimum absolute atomic E-state index is 0.277. The topological polar surface area (TPSA) is 26.0 Å². The Hall–Kier alpha value is -1.46. The third kappa shape index (κ3) is 3.16. The van der Waals surface area contributed by atoms with E-state index in [-0.39, 0.29) is 16.8 Å². The summed E-state index contributed by atoms with van der Waals surface area (Å²) in [6.45, 7) is 3.36. The minimum atomic E-state index is -0.646. The molecule has 106 valence electrons. The van der Waals surface area contributed by atoms with Crippen LogP contribution in [0.15, 0.2) is 40.1 Å². The van der Waals surface area contributed by atoms with Crippen molar-refractivity contribution in [3.63, 3.8) is 0 Å². The number of benzene rings is 2. The highest BCUT2D eigenvalue weighted by Gasteiger charge is 2.14. The fourth-order valence-corrected chi connectivity index (χ4v) is 2.92. The summed E-state index contributed by atoms with van der Waals surface area (Å²) >= 11 is 1.11. The molecule has 2 N–H and O–H groups in total. The number of rotatable bonds is 3. The predicted octanol–water partition coefficient (Wildman–Crippen LogP) is 4.58. The van der Waals surface area contributed by atoms with Gasteiger partial charge >= 0.3 is 0 Å². The van der Waals surface area contributed by atoms with Gasteiger partial charge in [-0.15, -0.1) is 0 Å². The number of hydrogen-bond acceptors (Lipinski definition) is 2. The second kappa shape index (κ2) is 5.89. The molecule has 1 atom stereocenters. The van der Waals surface area contributed by atoms with E-state index in [0.29, 0.717) is 16.0 Å². The van der Waals surface area contributed by atoms with Crippen LogP contribution in [0.4, 0.5) is 13.2 Å². The lowest BCUT2D eigenvalue weighted by Gasteiger charge is -2.14. The van der Waals surface area contributed by atoms with E-state index in [1.54, 1.807) is 19.9 Å². The van der Waals surface area contributed by atoms with Gasteiger partial charge in [-0.25, -0.2) is 13.2 Å². The van der Waals surface area contributed by atoms with E-state index in [2.05, 4.69) is 0 Å². The van der Waals surface area contributed by atoms with E-state index in [9.17, 15) is 13.2 Å². The summed E-state index contributed by atoms with van der Waals surface area (Å²) in [6, 6.07) is 5.98. The lowest BCUT2D eigenvalue weighted by Crippen LogP contribution is -2.07. The minimum Gasteiger partial charge on any atom is -0.324 e. The van der Waals surface area contributed by atoms with E-state index in [4.69, 9.17) is 5.73 Å². The van der Waals surface area contributed by atoms with Gasteiger partial charge in [0, 0.05) is 21.9 Å². The fourth-order valence-electron chi connectivity index (χ4n) is 1.79. The van der Waals surface area contributed by atoms with E-state index >= 15 is 0 Å². The molecule has 0 fully saturated rings. The zero-order valence-electron chi connectivity index (χ0n) is 11.1. The van der Waals surface area contributed by atoms with Crippen molar-refractivity contribution in [3.05, 3.63) is 58.9 Å². The largest absolute Gasteiger partial charge is 0.324 e. The van der Waals surface area contributed by atoms with Crippen molar-refractivity contribution < 1.29 is 13.2 Å². The smallest absolute Gasteiger partial charge is 0.140 e. The molecule has 0 aliphatic carbocycles. The highest BCUT2D eigenvalue weighted by atomic mass is 32.2. The second-order valence-electron chi connectivity index (χ2n) is 4.60. The molecule has 0 unspecified atom stereocenters. The van der Waals surface area contributed by atoms with Crippen LogP contribution in [-0.2, 0) is 0 Å². The first-order chi connectivity index (χ1) is 9.38. The van der Waals surface area contributed by atoms with Crippen LogP contribution in [0, 0.1) is 24.4 Å². The summed E-state index contributed by atoms with van der Waals surface area (Å²) < 4.78 is 40.2. The number of aryl methyl sites for hydroxylation is 1. The molecule has 0 bridgehead atoms. The highest BCUT2D eigenvalue weighted by Crippen LogP contribution is 2.35. The van der Waals surface area contributed by atoms with Crippen molar-refractivity contribution in [1.29, 1.82) is 0 Å². The molecule has 0 aromatic heterocycles. The molecule has 2 aromatic rings. The molecule has 0 heterocycles. The monoisotopic (exact) mass is 297 g/mol. The molecule has 0 spiro atoms. The zero-order valence-corrected chi connectivity index (χ0v) is 11.9. The normalized spacial score (nSPS) is 12.5. The average Bonchev–Trinajstić information content (AvgIpc) is 2.36. The van der Waals surface area contributed by atoms with Crippen LogP contribution in [0.2, 0.25) is 0 Å². The van der Waals surface area contributed by atoms with Gasteiger partial charge < -0.3 is 5.73 Å². The molecule has 0 aliphatic rings. The summed E-state index contributed by atoms with van der Waals surface area (Å²) in [5.41, 5.74) is 6.87. The molecular weight excluding hydrogens is 283 g/mol. The van der Waals surface area contributed by atoms with Crippen LogP contribution in [0.25, 0.3) is 0 Å². The first-order valence-electron chi connectivity index (χ1n) is 6.07. The molecular formula is C15H14F3NS. The molecule has 20 heavy (non-hydrogen) atoms. The van der Waals surface area contributed by atoms with Crippen molar-refractivity contribution in [2.24, 2.45) is 5.73 Å². The SMILES string of the molecule is Cc1cc(Sc2ccc(F)cc2F)c([C@H](C)N)cc1F. The third-order valence-corrected chi connectivity index (χ3v) is 4.02. The number of halogens is 3. The van der Waals surface area contributed by atoms with Crippen molar-refractivity contribution in [2.75, 3.05) is 0 Å². The van der Waals surface area contributed by atoms with Gasteiger partial charge in [-0.1, -0.05) is 11.8 Å². The summed E-state index contributed by atoms with van der Waals surface area (Å²) in [5, 5.41) is 0. The van der Waals surface area contributed by atoms with E-state index in [1.165, 1.54) is 18.2 Å². The third-order valence-electron chi connectivity index (χ3n) is 2.90. The Morgan fingerprint density at radius 2 is 1.70 bits per heavy atom. The van der Waals surface area contributed by atoms with Gasteiger partial charge in [0.1, 0.15) is 17.5 Å². The first kappa shape index (κ1) is 14.9. The predicted molar refractivity (Wildman–Crippen MR) is 74.2 cm³/mol. The van der Waals surface area contributed by atoms with Crippen molar-refractivity contribution in [1.82, 2.24) is 0 Å². The molecule has 1 nitrogen and oxygen atoms in total. The molecule has 5 heteroatoms. The van der Waals surface area contributed by atoms with Crippen LogP contribution in [0.3, 0.4) is 0 Å². The van der Waals surface area contributed by atoms with Crippen molar-refractivity contribution in [2.45, 2.75) is 29.7 Å². The Balaban J connectivity index is 2.44. The zero-order chi connectivity index (χ0) is 14.9. The van der Waals surface area contributed by atoms with Crippen molar-refractivity contribution in [3.8, 4) is 0 Å². The summed E-state index contributed by atoms with van der Waals surface area (Å²) in [4.78, 5) is 0.948. The molecule has 0 saturated carbocycles. The van der Waals surface area contributed by atoms with Crippen molar-refractivity contribution >= 4 is 11.8 Å². The van der Waals surface area contributed by atoms with Gasteiger partial charge in [0.15, 0.2) is 0 Å². The second-order valence-corrected chi connectivity index (χ2v) is 5.69. The van der Waals surface area contributed by atoms with Gasteiger partial charge in [-0.3, -0.25) is 0 Å². The quantitative estimate of drug-likeness (QED) is 0.897. The fraction of sp³-hybridized carbons (Fsp3) is 0.200. The molecule has 2 aromatic carbocycles. The summed E-state index contributed by atoms with van der Waals surface area (Å²) in [7, 11) is 0. The van der Waals surface area contributed by atoms with E-state index in [1.807, 2.05) is 0 Å². The Morgan fingerprint density at radius 1 is 1.00 bits per heavy atom. The summed E-state index contributed by atoms with van der Waals surface area (Å²) in [6.07, 6.45) is 0. The highest BCUT2D eigenvalue weighted by molar-refractivity contribution is 7.99. The maximum Gasteiger partial charge on any atom is 0.140 e. The number of hydrogen-bond donors (Lipinski definition) is 1. The maximum atomic E-state index is 13.7. The standard InChI is InChI=1S/C15H14F3NS/c1-8-5-15(11(9(2)19)7-12(8)17)20-14-4-3-10(16)6-13(14)18/h3-7,9H,19H2,1-2H3/t9-/m0/s1. The first-order valence-corrected chi connectivity index (χ1v) is 6.88. The van der Waals surface area contributed by atoms with Gasteiger partial charge in [0.05, 0.1) is 0 Å². The van der Waals surface area contributed by atoms with Crippen LogP contribution in [0.1, 0.15) is 24.1 Å². The number of nitrogens with two attached hydrogens (primary N) is 1. The molecule has 2 rings (SSSR count). The van der Waals surface area contributed by atoms with Gasteiger partial charge in [-0.05, 0) is 49.2 Å². The molecule has 0 amide bonds. The average molecular weight is 297 g/mol. The van der Waals surface area contributed by atoms with Gasteiger partial charge in [0.25, 0.3) is 0 Å². The van der Waals surface area contributed by atoms with Crippen LogP contribution >= 0.6 is 11.8 Å². The molecule has 0 aliphatic heterocycles. The lowest BCUT2D eigenvalue weighted by molar-refractivity contribution is 0.565. The van der Waals surface area contributed by atoms with E-state index in [0.717, 1.165) is 17.8 Å².